The molecule has 17 heavy (non-hydrogen) atoms. The van der Waals surface area contributed by atoms with E-state index < -0.39 is 0 Å². The number of anilines is 1. The van der Waals surface area contributed by atoms with Gasteiger partial charge in [-0.25, -0.2) is 9.97 Å². The van der Waals surface area contributed by atoms with Crippen LogP contribution >= 0.6 is 27.3 Å². The molecule has 0 aromatic carbocycles. The second-order valence-electron chi connectivity index (χ2n) is 4.27. The summed E-state index contributed by atoms with van der Waals surface area (Å²) < 4.78 is 1.19. The van der Waals surface area contributed by atoms with E-state index in [1.165, 1.54) is 10.3 Å². The van der Waals surface area contributed by atoms with Gasteiger partial charge < -0.3 is 4.90 Å². The second-order valence-corrected chi connectivity index (χ2v) is 5.94. The Bertz CT molecular complexity index is 509. The fraction of sp³-hybridized carbons (Fsp3) is 0.500. The van der Waals surface area contributed by atoms with Crippen LogP contribution in [0.3, 0.4) is 0 Å². The Morgan fingerprint density at radius 3 is 2.82 bits per heavy atom. The van der Waals surface area contributed by atoms with E-state index in [4.69, 9.17) is 0 Å². The maximum absolute atomic E-state index is 4.46. The molecule has 0 spiro atoms. The SMILES string of the molecule is Cc1csc2c(N(CCBr)C(C)C)ncnc12. The van der Waals surface area contributed by atoms with Crippen molar-refractivity contribution in [2.45, 2.75) is 26.8 Å². The van der Waals surface area contributed by atoms with Gasteiger partial charge in [-0.2, -0.15) is 0 Å². The predicted molar refractivity (Wildman–Crippen MR) is 78.4 cm³/mol. The molecule has 2 aromatic rings. The van der Waals surface area contributed by atoms with Gasteiger partial charge in [0.2, 0.25) is 0 Å². The molecule has 0 atom stereocenters. The fourth-order valence-corrected chi connectivity index (χ4v) is 3.25. The van der Waals surface area contributed by atoms with Gasteiger partial charge >= 0.3 is 0 Å². The largest absolute Gasteiger partial charge is 0.352 e. The van der Waals surface area contributed by atoms with Gasteiger partial charge in [0, 0.05) is 17.9 Å². The van der Waals surface area contributed by atoms with E-state index in [9.17, 15) is 0 Å². The van der Waals surface area contributed by atoms with Gasteiger partial charge in [-0.1, -0.05) is 15.9 Å². The Hall–Kier alpha value is -0.680. The van der Waals surface area contributed by atoms with Crippen molar-refractivity contribution in [2.75, 3.05) is 16.8 Å². The third-order valence-electron chi connectivity index (χ3n) is 2.73. The van der Waals surface area contributed by atoms with Gasteiger partial charge in [0.15, 0.2) is 0 Å². The number of thiophene rings is 1. The predicted octanol–water partition coefficient (Wildman–Crippen LogP) is 3.61. The summed E-state index contributed by atoms with van der Waals surface area (Å²) in [6, 6.07) is 0.438. The Labute approximate surface area is 114 Å². The Morgan fingerprint density at radius 1 is 1.41 bits per heavy atom. The monoisotopic (exact) mass is 313 g/mol. The second kappa shape index (κ2) is 5.31. The number of hydrogen-bond acceptors (Lipinski definition) is 4. The quantitative estimate of drug-likeness (QED) is 0.807. The Kier molecular flexibility index (Phi) is 3.99. The first-order valence-electron chi connectivity index (χ1n) is 5.66. The maximum Gasteiger partial charge on any atom is 0.150 e. The van der Waals surface area contributed by atoms with Crippen molar-refractivity contribution >= 4 is 43.3 Å². The third-order valence-corrected chi connectivity index (χ3v) is 4.17. The van der Waals surface area contributed by atoms with Gasteiger partial charge in [-0.3, -0.25) is 0 Å². The van der Waals surface area contributed by atoms with Crippen LogP contribution in [-0.4, -0.2) is 27.9 Å². The van der Waals surface area contributed by atoms with E-state index in [1.54, 1.807) is 17.7 Å². The number of alkyl halides is 1. The topological polar surface area (TPSA) is 29.0 Å². The highest BCUT2D eigenvalue weighted by Crippen LogP contribution is 2.31. The van der Waals surface area contributed by atoms with Crippen LogP contribution in [0.5, 0.6) is 0 Å². The summed E-state index contributed by atoms with van der Waals surface area (Å²) in [7, 11) is 0. The van der Waals surface area contributed by atoms with Crippen molar-refractivity contribution in [3.8, 4) is 0 Å². The van der Waals surface area contributed by atoms with Crippen molar-refractivity contribution in [3.63, 3.8) is 0 Å². The maximum atomic E-state index is 4.46. The highest BCUT2D eigenvalue weighted by molar-refractivity contribution is 9.09. The lowest BCUT2D eigenvalue weighted by molar-refractivity contribution is 0.700. The minimum absolute atomic E-state index is 0.438. The number of rotatable bonds is 4. The molecule has 0 aliphatic rings. The molecule has 0 saturated carbocycles. The first kappa shape index (κ1) is 12.8. The van der Waals surface area contributed by atoms with E-state index in [0.717, 1.165) is 23.2 Å². The van der Waals surface area contributed by atoms with Crippen LogP contribution < -0.4 is 4.90 Å². The van der Waals surface area contributed by atoms with Crippen molar-refractivity contribution in [1.82, 2.24) is 9.97 Å². The summed E-state index contributed by atoms with van der Waals surface area (Å²) in [6.07, 6.45) is 1.67. The van der Waals surface area contributed by atoms with E-state index >= 15 is 0 Å². The van der Waals surface area contributed by atoms with Crippen LogP contribution in [0.1, 0.15) is 19.4 Å². The van der Waals surface area contributed by atoms with Crippen molar-refractivity contribution < 1.29 is 0 Å². The summed E-state index contributed by atoms with van der Waals surface area (Å²) in [6.45, 7) is 7.44. The van der Waals surface area contributed by atoms with Crippen LogP contribution in [0, 0.1) is 6.92 Å². The number of halogens is 1. The Morgan fingerprint density at radius 2 is 2.18 bits per heavy atom. The zero-order valence-corrected chi connectivity index (χ0v) is 12.7. The zero-order chi connectivity index (χ0) is 12.4. The molecule has 2 aromatic heterocycles. The van der Waals surface area contributed by atoms with Gasteiger partial charge in [0.25, 0.3) is 0 Å². The van der Waals surface area contributed by atoms with Crippen molar-refractivity contribution in [1.29, 1.82) is 0 Å². The average molecular weight is 314 g/mol. The molecule has 0 radical (unpaired) electrons. The van der Waals surface area contributed by atoms with Crippen molar-refractivity contribution in [3.05, 3.63) is 17.3 Å². The lowest BCUT2D eigenvalue weighted by Gasteiger charge is -2.27. The molecule has 0 fully saturated rings. The summed E-state index contributed by atoms with van der Waals surface area (Å²) in [5.41, 5.74) is 2.32. The molecule has 0 amide bonds. The highest BCUT2D eigenvalue weighted by atomic mass is 79.9. The van der Waals surface area contributed by atoms with E-state index in [-0.39, 0.29) is 0 Å². The first-order chi connectivity index (χ1) is 8.15. The molecular weight excluding hydrogens is 298 g/mol. The lowest BCUT2D eigenvalue weighted by atomic mass is 10.2. The molecule has 0 aliphatic heterocycles. The average Bonchev–Trinajstić information content (AvgIpc) is 2.68. The summed E-state index contributed by atoms with van der Waals surface area (Å²) >= 11 is 5.23. The molecule has 0 bridgehead atoms. The summed E-state index contributed by atoms with van der Waals surface area (Å²) in [4.78, 5) is 11.1. The molecular formula is C12H16BrN3S. The molecule has 5 heteroatoms. The normalized spacial score (nSPS) is 11.4. The molecule has 0 unspecified atom stereocenters. The minimum Gasteiger partial charge on any atom is -0.352 e. The number of hydrogen-bond donors (Lipinski definition) is 0. The lowest BCUT2D eigenvalue weighted by Crippen LogP contribution is -2.33. The van der Waals surface area contributed by atoms with Gasteiger partial charge in [0.1, 0.15) is 12.1 Å². The first-order valence-corrected chi connectivity index (χ1v) is 7.66. The van der Waals surface area contributed by atoms with E-state index in [1.807, 2.05) is 0 Å². The third kappa shape index (κ3) is 2.45. The summed E-state index contributed by atoms with van der Waals surface area (Å²) in [5, 5.41) is 3.09. The molecule has 3 nitrogen and oxygen atoms in total. The molecule has 92 valence electrons. The molecule has 0 N–H and O–H groups in total. The minimum atomic E-state index is 0.438. The number of nitrogens with zero attached hydrogens (tertiary/aromatic N) is 3. The number of fused-ring (bicyclic) bond motifs is 1. The Balaban J connectivity index is 2.52. The van der Waals surface area contributed by atoms with E-state index in [2.05, 4.69) is 56.9 Å². The van der Waals surface area contributed by atoms with Gasteiger partial charge in [-0.05, 0) is 31.7 Å². The summed E-state index contributed by atoms with van der Waals surface area (Å²) in [5.74, 6) is 1.06. The standard InChI is InChI=1S/C12H16BrN3S/c1-8(2)16(5-4-13)12-11-10(14-7-15-12)9(3)6-17-11/h6-8H,4-5H2,1-3H3. The molecule has 2 heterocycles. The van der Waals surface area contributed by atoms with E-state index in [0.29, 0.717) is 6.04 Å². The van der Waals surface area contributed by atoms with Crippen LogP contribution in [-0.2, 0) is 0 Å². The van der Waals surface area contributed by atoms with Crippen LogP contribution in [0.15, 0.2) is 11.7 Å². The van der Waals surface area contributed by atoms with Crippen molar-refractivity contribution in [2.24, 2.45) is 0 Å². The molecule has 2 rings (SSSR count). The number of aryl methyl sites for hydroxylation is 1. The van der Waals surface area contributed by atoms with Crippen LogP contribution in [0.25, 0.3) is 10.2 Å². The smallest absolute Gasteiger partial charge is 0.150 e. The highest BCUT2D eigenvalue weighted by Gasteiger charge is 2.16. The fourth-order valence-electron chi connectivity index (χ4n) is 1.86. The number of aromatic nitrogens is 2. The van der Waals surface area contributed by atoms with Gasteiger partial charge in [-0.15, -0.1) is 11.3 Å². The molecule has 0 aliphatic carbocycles. The van der Waals surface area contributed by atoms with Crippen LogP contribution in [0.2, 0.25) is 0 Å². The zero-order valence-electron chi connectivity index (χ0n) is 10.3. The molecule has 0 saturated heterocycles. The van der Waals surface area contributed by atoms with Gasteiger partial charge in [0.05, 0.1) is 10.2 Å². The van der Waals surface area contributed by atoms with Crippen LogP contribution in [0.4, 0.5) is 5.82 Å².